The van der Waals surface area contributed by atoms with Crippen molar-refractivity contribution in [2.24, 2.45) is 11.7 Å². The molecule has 0 radical (unpaired) electrons. The SMILES string of the molecule is CC(CCc1ccccc1)CN(C)C(C)CN. The Morgan fingerprint density at radius 1 is 1.18 bits per heavy atom. The average Bonchev–Trinajstić information content (AvgIpc) is 2.36. The van der Waals surface area contributed by atoms with Crippen LogP contribution in [-0.2, 0) is 6.42 Å². The third-order valence-corrected chi connectivity index (χ3v) is 3.46. The first kappa shape index (κ1) is 14.2. The molecule has 2 nitrogen and oxygen atoms in total. The zero-order chi connectivity index (χ0) is 12.7. The van der Waals surface area contributed by atoms with E-state index in [9.17, 15) is 0 Å². The summed E-state index contributed by atoms with van der Waals surface area (Å²) in [5.41, 5.74) is 7.11. The van der Waals surface area contributed by atoms with Crippen LogP contribution in [0.4, 0.5) is 0 Å². The Balaban J connectivity index is 2.28. The van der Waals surface area contributed by atoms with Gasteiger partial charge in [0.2, 0.25) is 0 Å². The van der Waals surface area contributed by atoms with E-state index in [2.05, 4.69) is 56.1 Å². The van der Waals surface area contributed by atoms with E-state index in [1.165, 1.54) is 18.4 Å². The van der Waals surface area contributed by atoms with Gasteiger partial charge >= 0.3 is 0 Å². The fourth-order valence-corrected chi connectivity index (χ4v) is 2.00. The second-order valence-corrected chi connectivity index (χ2v) is 5.15. The van der Waals surface area contributed by atoms with Gasteiger partial charge in [0.05, 0.1) is 0 Å². The van der Waals surface area contributed by atoms with E-state index in [-0.39, 0.29) is 0 Å². The van der Waals surface area contributed by atoms with Gasteiger partial charge in [-0.3, -0.25) is 0 Å². The van der Waals surface area contributed by atoms with Gasteiger partial charge in [0.25, 0.3) is 0 Å². The van der Waals surface area contributed by atoms with Gasteiger partial charge in [0.15, 0.2) is 0 Å². The van der Waals surface area contributed by atoms with Crippen molar-refractivity contribution in [3.63, 3.8) is 0 Å². The van der Waals surface area contributed by atoms with E-state index >= 15 is 0 Å². The normalized spacial score (nSPS) is 14.9. The second-order valence-electron chi connectivity index (χ2n) is 5.15. The third-order valence-electron chi connectivity index (χ3n) is 3.46. The van der Waals surface area contributed by atoms with E-state index < -0.39 is 0 Å². The molecule has 2 heteroatoms. The van der Waals surface area contributed by atoms with Crippen LogP contribution in [0.2, 0.25) is 0 Å². The number of benzene rings is 1. The third kappa shape index (κ3) is 5.33. The first-order chi connectivity index (χ1) is 8.13. The highest BCUT2D eigenvalue weighted by Gasteiger charge is 2.11. The molecule has 2 atom stereocenters. The first-order valence-electron chi connectivity index (χ1n) is 6.57. The lowest BCUT2D eigenvalue weighted by atomic mass is 10.0. The molecule has 1 rings (SSSR count). The van der Waals surface area contributed by atoms with Crippen molar-refractivity contribution in [1.29, 1.82) is 0 Å². The number of nitrogens with two attached hydrogens (primary N) is 1. The minimum absolute atomic E-state index is 0.481. The van der Waals surface area contributed by atoms with Gasteiger partial charge in [-0.05, 0) is 38.3 Å². The minimum atomic E-state index is 0.481. The molecular formula is C15H26N2. The maximum atomic E-state index is 5.67. The smallest absolute Gasteiger partial charge is 0.0187 e. The maximum Gasteiger partial charge on any atom is 0.0187 e. The van der Waals surface area contributed by atoms with Crippen molar-refractivity contribution in [2.45, 2.75) is 32.7 Å². The molecule has 2 N–H and O–H groups in total. The molecule has 1 aromatic carbocycles. The lowest BCUT2D eigenvalue weighted by Gasteiger charge is -2.26. The molecule has 0 aliphatic carbocycles. The van der Waals surface area contributed by atoms with E-state index in [0.29, 0.717) is 12.0 Å². The van der Waals surface area contributed by atoms with Crippen LogP contribution in [0.3, 0.4) is 0 Å². The van der Waals surface area contributed by atoms with E-state index in [0.717, 1.165) is 13.1 Å². The molecule has 0 bridgehead atoms. The number of likely N-dealkylation sites (N-methyl/N-ethyl adjacent to an activating group) is 1. The number of aryl methyl sites for hydroxylation is 1. The Labute approximate surface area is 106 Å². The quantitative estimate of drug-likeness (QED) is 0.785. The highest BCUT2D eigenvalue weighted by atomic mass is 15.1. The van der Waals surface area contributed by atoms with Crippen LogP contribution in [0.25, 0.3) is 0 Å². The molecular weight excluding hydrogens is 208 g/mol. The first-order valence-corrected chi connectivity index (χ1v) is 6.57. The van der Waals surface area contributed by atoms with Gasteiger partial charge in [0.1, 0.15) is 0 Å². The summed E-state index contributed by atoms with van der Waals surface area (Å²) in [7, 11) is 2.16. The molecule has 1 aromatic rings. The van der Waals surface area contributed by atoms with Crippen molar-refractivity contribution in [1.82, 2.24) is 4.90 Å². The van der Waals surface area contributed by atoms with Crippen LogP contribution >= 0.6 is 0 Å². The summed E-state index contributed by atoms with van der Waals surface area (Å²) in [6.45, 7) is 6.37. The Morgan fingerprint density at radius 3 is 2.41 bits per heavy atom. The molecule has 17 heavy (non-hydrogen) atoms. The molecule has 0 saturated heterocycles. The lowest BCUT2D eigenvalue weighted by molar-refractivity contribution is 0.224. The van der Waals surface area contributed by atoms with Crippen LogP contribution in [-0.4, -0.2) is 31.1 Å². The topological polar surface area (TPSA) is 29.3 Å². The molecule has 0 aliphatic heterocycles. The molecule has 96 valence electrons. The van der Waals surface area contributed by atoms with Gasteiger partial charge in [-0.25, -0.2) is 0 Å². The Hall–Kier alpha value is -0.860. The van der Waals surface area contributed by atoms with Gasteiger partial charge in [-0.2, -0.15) is 0 Å². The Bertz CT molecular complexity index is 297. The van der Waals surface area contributed by atoms with Gasteiger partial charge in [0, 0.05) is 19.1 Å². The van der Waals surface area contributed by atoms with E-state index in [1.54, 1.807) is 0 Å². The lowest BCUT2D eigenvalue weighted by Crippen LogP contribution is -2.38. The molecule has 0 fully saturated rings. The number of nitrogens with zero attached hydrogens (tertiary/aromatic N) is 1. The second kappa shape index (κ2) is 7.46. The standard InChI is InChI=1S/C15H26N2/c1-13(12-17(3)14(2)11-16)9-10-15-7-5-4-6-8-15/h4-8,13-14H,9-12,16H2,1-3H3. The van der Waals surface area contributed by atoms with Crippen LogP contribution < -0.4 is 5.73 Å². The summed E-state index contributed by atoms with van der Waals surface area (Å²) in [5.74, 6) is 0.717. The zero-order valence-corrected chi connectivity index (χ0v) is 11.4. The molecule has 0 amide bonds. The van der Waals surface area contributed by atoms with Crippen LogP contribution in [0.5, 0.6) is 0 Å². The summed E-state index contributed by atoms with van der Waals surface area (Å²) < 4.78 is 0. The summed E-state index contributed by atoms with van der Waals surface area (Å²) >= 11 is 0. The maximum absolute atomic E-state index is 5.67. The molecule has 0 saturated carbocycles. The largest absolute Gasteiger partial charge is 0.329 e. The molecule has 2 unspecified atom stereocenters. The van der Waals surface area contributed by atoms with Crippen LogP contribution in [0.15, 0.2) is 30.3 Å². The monoisotopic (exact) mass is 234 g/mol. The Morgan fingerprint density at radius 2 is 1.82 bits per heavy atom. The fraction of sp³-hybridized carbons (Fsp3) is 0.600. The summed E-state index contributed by atoms with van der Waals surface area (Å²) in [4.78, 5) is 2.36. The predicted octanol–water partition coefficient (Wildman–Crippen LogP) is 2.53. The van der Waals surface area contributed by atoms with Crippen molar-refractivity contribution in [2.75, 3.05) is 20.1 Å². The van der Waals surface area contributed by atoms with Gasteiger partial charge < -0.3 is 10.6 Å². The zero-order valence-electron chi connectivity index (χ0n) is 11.4. The van der Waals surface area contributed by atoms with Crippen molar-refractivity contribution >= 4 is 0 Å². The average molecular weight is 234 g/mol. The summed E-state index contributed by atoms with van der Waals surface area (Å²) in [6, 6.07) is 11.2. The molecule has 0 heterocycles. The number of rotatable bonds is 7. The molecule has 0 aliphatic rings. The van der Waals surface area contributed by atoms with Gasteiger partial charge in [-0.15, -0.1) is 0 Å². The summed E-state index contributed by atoms with van der Waals surface area (Å²) in [6.07, 6.45) is 2.42. The highest BCUT2D eigenvalue weighted by Crippen LogP contribution is 2.11. The number of hydrogen-bond acceptors (Lipinski definition) is 2. The molecule has 0 aromatic heterocycles. The van der Waals surface area contributed by atoms with Crippen LogP contribution in [0.1, 0.15) is 25.8 Å². The highest BCUT2D eigenvalue weighted by molar-refractivity contribution is 5.14. The van der Waals surface area contributed by atoms with Crippen molar-refractivity contribution < 1.29 is 0 Å². The van der Waals surface area contributed by atoms with Crippen molar-refractivity contribution in [3.8, 4) is 0 Å². The summed E-state index contributed by atoms with van der Waals surface area (Å²) in [5, 5.41) is 0. The van der Waals surface area contributed by atoms with E-state index in [4.69, 9.17) is 5.73 Å². The van der Waals surface area contributed by atoms with Gasteiger partial charge in [-0.1, -0.05) is 37.3 Å². The molecule has 0 spiro atoms. The van der Waals surface area contributed by atoms with Crippen LogP contribution in [0, 0.1) is 5.92 Å². The Kier molecular flexibility index (Phi) is 6.23. The van der Waals surface area contributed by atoms with E-state index in [1.807, 2.05) is 0 Å². The predicted molar refractivity (Wildman–Crippen MR) is 75.1 cm³/mol. The fourth-order valence-electron chi connectivity index (χ4n) is 2.00. The minimum Gasteiger partial charge on any atom is -0.329 e. The number of hydrogen-bond donors (Lipinski definition) is 1. The van der Waals surface area contributed by atoms with Crippen molar-refractivity contribution in [3.05, 3.63) is 35.9 Å².